The van der Waals surface area contributed by atoms with E-state index in [0.717, 1.165) is 45.1 Å². The Bertz CT molecular complexity index is 212. The Morgan fingerprint density at radius 1 is 1.19 bits per heavy atom. The Balaban J connectivity index is 1.61. The maximum atomic E-state index is 6.13. The molecular formula is C11H20N2O2S. The van der Waals surface area contributed by atoms with E-state index in [1.165, 1.54) is 12.2 Å². The molecule has 3 heterocycles. The second-order valence-corrected chi connectivity index (χ2v) is 6.16. The molecule has 16 heavy (non-hydrogen) atoms. The monoisotopic (exact) mass is 244 g/mol. The summed E-state index contributed by atoms with van der Waals surface area (Å²) >= 11 is 2.00. The Morgan fingerprint density at radius 3 is 2.81 bits per heavy atom. The van der Waals surface area contributed by atoms with E-state index in [9.17, 15) is 0 Å². The maximum absolute atomic E-state index is 6.13. The van der Waals surface area contributed by atoms with Gasteiger partial charge in [-0.15, -0.1) is 0 Å². The summed E-state index contributed by atoms with van der Waals surface area (Å²) in [5.41, 5.74) is -0.0289. The summed E-state index contributed by atoms with van der Waals surface area (Å²) in [4.78, 5) is 0. The van der Waals surface area contributed by atoms with Gasteiger partial charge >= 0.3 is 0 Å². The first-order valence-electron chi connectivity index (χ1n) is 6.12. The van der Waals surface area contributed by atoms with Crippen molar-refractivity contribution in [2.75, 3.05) is 44.4 Å². The van der Waals surface area contributed by atoms with Gasteiger partial charge in [0.2, 0.25) is 0 Å². The molecule has 0 aromatic heterocycles. The van der Waals surface area contributed by atoms with E-state index in [4.69, 9.17) is 9.47 Å². The van der Waals surface area contributed by atoms with Crippen molar-refractivity contribution in [3.05, 3.63) is 0 Å². The summed E-state index contributed by atoms with van der Waals surface area (Å²) in [5.74, 6) is 2.36. The average Bonchev–Trinajstić information content (AvgIpc) is 2.36. The van der Waals surface area contributed by atoms with Gasteiger partial charge in [0.1, 0.15) is 5.72 Å². The zero-order chi connectivity index (χ0) is 10.9. The van der Waals surface area contributed by atoms with Crippen LogP contribution in [0.5, 0.6) is 0 Å². The summed E-state index contributed by atoms with van der Waals surface area (Å²) in [5, 5.41) is 7.15. The topological polar surface area (TPSA) is 42.5 Å². The first-order chi connectivity index (χ1) is 7.83. The molecule has 2 spiro atoms. The van der Waals surface area contributed by atoms with E-state index in [1.54, 1.807) is 0 Å². The van der Waals surface area contributed by atoms with Gasteiger partial charge in [-0.3, -0.25) is 5.32 Å². The molecule has 4 nitrogen and oxygen atoms in total. The van der Waals surface area contributed by atoms with Gasteiger partial charge in [0.25, 0.3) is 0 Å². The van der Waals surface area contributed by atoms with Crippen LogP contribution in [0.4, 0.5) is 0 Å². The van der Waals surface area contributed by atoms with Crippen molar-refractivity contribution in [2.45, 2.75) is 24.1 Å². The second kappa shape index (κ2) is 4.46. The fourth-order valence-electron chi connectivity index (χ4n) is 2.64. The standard InChI is InChI=1S/C11H20N2O2S/c1-2-11(9-16-5-1)13-6-10(8-15-11)7-14-4-3-12-10/h12-13H,1-9H2. The Kier molecular flexibility index (Phi) is 3.15. The van der Waals surface area contributed by atoms with Crippen molar-refractivity contribution in [3.8, 4) is 0 Å². The minimum absolute atomic E-state index is 0.0195. The number of thioether (sulfide) groups is 1. The van der Waals surface area contributed by atoms with Crippen LogP contribution >= 0.6 is 11.8 Å². The van der Waals surface area contributed by atoms with Crippen molar-refractivity contribution in [2.24, 2.45) is 0 Å². The molecule has 0 radical (unpaired) electrons. The molecule has 3 fully saturated rings. The van der Waals surface area contributed by atoms with Crippen LogP contribution in [0.25, 0.3) is 0 Å². The van der Waals surface area contributed by atoms with Crippen LogP contribution in [0.2, 0.25) is 0 Å². The van der Waals surface area contributed by atoms with Gasteiger partial charge in [0, 0.05) is 18.8 Å². The highest BCUT2D eigenvalue weighted by molar-refractivity contribution is 7.99. The molecule has 5 heteroatoms. The Labute approximate surface area is 101 Å². The van der Waals surface area contributed by atoms with Gasteiger partial charge in [-0.2, -0.15) is 11.8 Å². The van der Waals surface area contributed by atoms with E-state index in [0.29, 0.717) is 0 Å². The van der Waals surface area contributed by atoms with Gasteiger partial charge in [-0.05, 0) is 18.6 Å². The van der Waals surface area contributed by atoms with E-state index >= 15 is 0 Å². The van der Waals surface area contributed by atoms with Gasteiger partial charge < -0.3 is 14.8 Å². The highest BCUT2D eigenvalue weighted by Crippen LogP contribution is 2.31. The van der Waals surface area contributed by atoms with Gasteiger partial charge in [0.15, 0.2) is 0 Å². The lowest BCUT2D eigenvalue weighted by molar-refractivity contribution is -0.143. The molecule has 3 aliphatic heterocycles. The number of hydrogen-bond donors (Lipinski definition) is 2. The third-order valence-electron chi connectivity index (χ3n) is 3.70. The number of ether oxygens (including phenoxy) is 2. The van der Waals surface area contributed by atoms with Gasteiger partial charge in [-0.1, -0.05) is 0 Å². The molecule has 0 bridgehead atoms. The van der Waals surface area contributed by atoms with E-state index in [1.807, 2.05) is 11.8 Å². The van der Waals surface area contributed by atoms with Crippen molar-refractivity contribution in [1.82, 2.24) is 10.6 Å². The van der Waals surface area contributed by atoms with Crippen LogP contribution in [0.3, 0.4) is 0 Å². The summed E-state index contributed by atoms with van der Waals surface area (Å²) in [6.07, 6.45) is 2.41. The first-order valence-corrected chi connectivity index (χ1v) is 7.28. The Morgan fingerprint density at radius 2 is 2.19 bits per heavy atom. The molecule has 3 aliphatic rings. The molecule has 0 aromatic carbocycles. The zero-order valence-corrected chi connectivity index (χ0v) is 10.4. The SMILES string of the molecule is C1CSCC2(C1)NCC1(COCCN1)CO2. The predicted molar refractivity (Wildman–Crippen MR) is 64.8 cm³/mol. The van der Waals surface area contributed by atoms with E-state index in [-0.39, 0.29) is 11.3 Å². The van der Waals surface area contributed by atoms with E-state index in [2.05, 4.69) is 10.6 Å². The second-order valence-electron chi connectivity index (χ2n) is 5.05. The quantitative estimate of drug-likeness (QED) is 0.637. The number of hydrogen-bond acceptors (Lipinski definition) is 5. The van der Waals surface area contributed by atoms with Crippen molar-refractivity contribution >= 4 is 11.8 Å². The summed E-state index contributed by atoms with van der Waals surface area (Å²) in [6, 6.07) is 0. The highest BCUT2D eigenvalue weighted by Gasteiger charge is 2.44. The molecule has 2 unspecified atom stereocenters. The fraction of sp³-hybridized carbons (Fsp3) is 1.00. The van der Waals surface area contributed by atoms with Gasteiger partial charge in [-0.25, -0.2) is 0 Å². The first kappa shape index (κ1) is 11.3. The van der Waals surface area contributed by atoms with Gasteiger partial charge in [0.05, 0.1) is 25.4 Å². The third-order valence-corrected chi connectivity index (χ3v) is 4.95. The summed E-state index contributed by atoms with van der Waals surface area (Å²) < 4.78 is 11.7. The molecule has 2 atom stereocenters. The zero-order valence-electron chi connectivity index (χ0n) is 9.59. The summed E-state index contributed by atoms with van der Waals surface area (Å²) in [7, 11) is 0. The van der Waals surface area contributed by atoms with Crippen LogP contribution in [-0.4, -0.2) is 55.7 Å². The largest absolute Gasteiger partial charge is 0.378 e. The van der Waals surface area contributed by atoms with Crippen LogP contribution in [0.1, 0.15) is 12.8 Å². The molecule has 92 valence electrons. The minimum Gasteiger partial charge on any atom is -0.378 e. The Hall–Kier alpha value is 0.190. The van der Waals surface area contributed by atoms with Crippen LogP contribution in [-0.2, 0) is 9.47 Å². The minimum atomic E-state index is -0.0483. The third kappa shape index (κ3) is 2.11. The lowest BCUT2D eigenvalue weighted by atomic mass is 9.95. The highest BCUT2D eigenvalue weighted by atomic mass is 32.2. The normalized spacial score (nSPS) is 45.0. The maximum Gasteiger partial charge on any atom is 0.128 e. The molecule has 2 N–H and O–H groups in total. The summed E-state index contributed by atoms with van der Waals surface area (Å²) in [6.45, 7) is 4.27. The molecule has 3 saturated heterocycles. The molecular weight excluding hydrogens is 224 g/mol. The molecule has 3 rings (SSSR count). The van der Waals surface area contributed by atoms with Crippen LogP contribution < -0.4 is 10.6 Å². The molecule has 0 aromatic rings. The van der Waals surface area contributed by atoms with Crippen molar-refractivity contribution in [1.29, 1.82) is 0 Å². The van der Waals surface area contributed by atoms with Crippen LogP contribution in [0.15, 0.2) is 0 Å². The fourth-order valence-corrected chi connectivity index (χ4v) is 3.80. The molecule has 0 amide bonds. The smallest absolute Gasteiger partial charge is 0.128 e. The number of rotatable bonds is 0. The molecule has 0 saturated carbocycles. The predicted octanol–water partition coefficient (Wildman–Crippen LogP) is 0.188. The average molecular weight is 244 g/mol. The van der Waals surface area contributed by atoms with Crippen LogP contribution in [0, 0.1) is 0 Å². The number of morpholine rings is 1. The van der Waals surface area contributed by atoms with Crippen molar-refractivity contribution < 1.29 is 9.47 Å². The lowest BCUT2D eigenvalue weighted by Crippen LogP contribution is -2.71. The number of nitrogens with one attached hydrogen (secondary N) is 2. The van der Waals surface area contributed by atoms with Crippen molar-refractivity contribution in [3.63, 3.8) is 0 Å². The molecule has 0 aliphatic carbocycles. The van der Waals surface area contributed by atoms with E-state index < -0.39 is 0 Å². The lowest BCUT2D eigenvalue weighted by Gasteiger charge is -2.50.